The van der Waals surface area contributed by atoms with E-state index in [0.29, 0.717) is 11.3 Å². The zero-order valence-electron chi connectivity index (χ0n) is 9.56. The number of hydrogen-bond acceptors (Lipinski definition) is 3. The minimum Gasteiger partial charge on any atom is -0.399 e. The maximum Gasteiger partial charge on any atom is 0.270 e. The maximum absolute atomic E-state index is 12.9. The van der Waals surface area contributed by atoms with Gasteiger partial charge >= 0.3 is 0 Å². The molecule has 0 spiro atoms. The molecule has 18 heavy (non-hydrogen) atoms. The first-order valence-corrected chi connectivity index (χ1v) is 5.39. The monoisotopic (exact) mass is 245 g/mol. The quantitative estimate of drug-likeness (QED) is 0.865. The molecule has 1 aromatic carbocycles. The number of pyridine rings is 1. The molecule has 5 heteroatoms. The van der Waals surface area contributed by atoms with Crippen LogP contribution in [0.1, 0.15) is 16.1 Å². The van der Waals surface area contributed by atoms with Gasteiger partial charge in [-0.05, 0) is 29.8 Å². The Balaban J connectivity index is 2.00. The third-order valence-electron chi connectivity index (χ3n) is 2.36. The van der Waals surface area contributed by atoms with Gasteiger partial charge in [-0.1, -0.05) is 12.1 Å². The van der Waals surface area contributed by atoms with E-state index in [4.69, 9.17) is 5.73 Å². The van der Waals surface area contributed by atoms with Crippen molar-refractivity contribution in [2.45, 2.75) is 6.54 Å². The SMILES string of the molecule is Nc1ccnc(C(=O)NCc2cccc(F)c2)c1. The third-order valence-corrected chi connectivity index (χ3v) is 2.36. The highest BCUT2D eigenvalue weighted by Gasteiger charge is 2.06. The van der Waals surface area contributed by atoms with Crippen molar-refractivity contribution in [2.75, 3.05) is 5.73 Å². The van der Waals surface area contributed by atoms with E-state index in [1.807, 2.05) is 0 Å². The molecule has 0 saturated heterocycles. The van der Waals surface area contributed by atoms with E-state index >= 15 is 0 Å². The molecule has 0 saturated carbocycles. The first kappa shape index (κ1) is 12.0. The molecule has 2 rings (SSSR count). The maximum atomic E-state index is 12.9. The molecular formula is C13H12FN3O. The Hall–Kier alpha value is -2.43. The predicted molar refractivity (Wildman–Crippen MR) is 66.2 cm³/mol. The second-order valence-electron chi connectivity index (χ2n) is 3.79. The average molecular weight is 245 g/mol. The second-order valence-corrected chi connectivity index (χ2v) is 3.79. The van der Waals surface area contributed by atoms with Crippen LogP contribution in [0.3, 0.4) is 0 Å². The Kier molecular flexibility index (Phi) is 3.52. The minimum atomic E-state index is -0.341. The number of anilines is 1. The van der Waals surface area contributed by atoms with Crippen LogP contribution < -0.4 is 11.1 Å². The molecule has 1 aromatic heterocycles. The molecule has 0 atom stereocenters. The summed E-state index contributed by atoms with van der Waals surface area (Å²) in [5, 5.41) is 2.65. The highest BCUT2D eigenvalue weighted by atomic mass is 19.1. The van der Waals surface area contributed by atoms with Crippen LogP contribution in [-0.2, 0) is 6.54 Å². The van der Waals surface area contributed by atoms with E-state index in [9.17, 15) is 9.18 Å². The minimum absolute atomic E-state index is 0.242. The van der Waals surface area contributed by atoms with Gasteiger partial charge in [0.1, 0.15) is 11.5 Å². The molecule has 1 heterocycles. The van der Waals surface area contributed by atoms with Crippen molar-refractivity contribution in [3.63, 3.8) is 0 Å². The van der Waals surface area contributed by atoms with Gasteiger partial charge in [0.25, 0.3) is 5.91 Å². The summed E-state index contributed by atoms with van der Waals surface area (Å²) in [6, 6.07) is 9.13. The number of carbonyl (C=O) groups is 1. The Morgan fingerprint density at radius 2 is 2.17 bits per heavy atom. The number of carbonyl (C=O) groups excluding carboxylic acids is 1. The summed E-state index contributed by atoms with van der Waals surface area (Å²) in [7, 11) is 0. The summed E-state index contributed by atoms with van der Waals surface area (Å²) in [4.78, 5) is 15.6. The first-order valence-electron chi connectivity index (χ1n) is 5.39. The van der Waals surface area contributed by atoms with Crippen LogP contribution in [-0.4, -0.2) is 10.9 Å². The van der Waals surface area contributed by atoms with Gasteiger partial charge in [0.15, 0.2) is 0 Å². The molecule has 0 fully saturated rings. The summed E-state index contributed by atoms with van der Waals surface area (Å²) in [5.74, 6) is -0.671. The molecule has 2 aromatic rings. The zero-order chi connectivity index (χ0) is 13.0. The molecular weight excluding hydrogens is 233 g/mol. The number of hydrogen-bond donors (Lipinski definition) is 2. The summed E-state index contributed by atoms with van der Waals surface area (Å²) in [6.45, 7) is 0.243. The molecule has 0 radical (unpaired) electrons. The molecule has 0 aliphatic rings. The van der Waals surface area contributed by atoms with Gasteiger partial charge in [0.2, 0.25) is 0 Å². The molecule has 0 unspecified atom stereocenters. The Morgan fingerprint density at radius 1 is 1.33 bits per heavy atom. The highest BCUT2D eigenvalue weighted by Crippen LogP contribution is 2.05. The van der Waals surface area contributed by atoms with E-state index in [-0.39, 0.29) is 24.0 Å². The van der Waals surface area contributed by atoms with Crippen molar-refractivity contribution in [1.82, 2.24) is 10.3 Å². The Bertz CT molecular complexity index is 572. The number of benzene rings is 1. The van der Waals surface area contributed by atoms with Gasteiger partial charge in [-0.25, -0.2) is 4.39 Å². The highest BCUT2D eigenvalue weighted by molar-refractivity contribution is 5.92. The average Bonchev–Trinajstić information content (AvgIpc) is 2.36. The lowest BCUT2D eigenvalue weighted by Gasteiger charge is -2.05. The number of halogens is 1. The van der Waals surface area contributed by atoms with E-state index in [0.717, 1.165) is 0 Å². The van der Waals surface area contributed by atoms with Crippen molar-refractivity contribution in [1.29, 1.82) is 0 Å². The summed E-state index contributed by atoms with van der Waals surface area (Å²) < 4.78 is 12.9. The Labute approximate surface area is 104 Å². The molecule has 0 bridgehead atoms. The van der Waals surface area contributed by atoms with Gasteiger partial charge in [0.05, 0.1) is 0 Å². The van der Waals surface area contributed by atoms with Gasteiger partial charge in [-0.2, -0.15) is 0 Å². The number of nitrogens with zero attached hydrogens (tertiary/aromatic N) is 1. The zero-order valence-corrected chi connectivity index (χ0v) is 9.56. The summed E-state index contributed by atoms with van der Waals surface area (Å²) in [5.41, 5.74) is 6.96. The molecule has 3 N–H and O–H groups in total. The van der Waals surface area contributed by atoms with Crippen LogP contribution in [0.15, 0.2) is 42.6 Å². The largest absolute Gasteiger partial charge is 0.399 e. The lowest BCUT2D eigenvalue weighted by atomic mass is 10.2. The van der Waals surface area contributed by atoms with Crippen LogP contribution in [0.25, 0.3) is 0 Å². The Morgan fingerprint density at radius 3 is 2.89 bits per heavy atom. The molecule has 4 nitrogen and oxygen atoms in total. The molecule has 0 aliphatic carbocycles. The first-order chi connectivity index (χ1) is 8.65. The molecule has 0 aliphatic heterocycles. The van der Waals surface area contributed by atoms with Gasteiger partial charge in [-0.3, -0.25) is 9.78 Å². The predicted octanol–water partition coefficient (Wildman–Crippen LogP) is 1.73. The van der Waals surface area contributed by atoms with E-state index in [2.05, 4.69) is 10.3 Å². The van der Waals surface area contributed by atoms with Crippen LogP contribution in [0.5, 0.6) is 0 Å². The number of aromatic nitrogens is 1. The fourth-order valence-corrected chi connectivity index (χ4v) is 1.49. The number of nitrogens with two attached hydrogens (primary N) is 1. The van der Waals surface area contributed by atoms with Crippen molar-refractivity contribution in [3.05, 3.63) is 59.7 Å². The molecule has 92 valence electrons. The number of amides is 1. The van der Waals surface area contributed by atoms with Crippen LogP contribution in [0, 0.1) is 5.82 Å². The standard InChI is InChI=1S/C13H12FN3O/c14-10-3-1-2-9(6-10)8-17-13(18)12-7-11(15)4-5-16-12/h1-7H,8H2,(H2,15,16)(H,17,18). The fourth-order valence-electron chi connectivity index (χ4n) is 1.49. The second kappa shape index (κ2) is 5.27. The van der Waals surface area contributed by atoms with Crippen LogP contribution in [0.4, 0.5) is 10.1 Å². The summed E-state index contributed by atoms with van der Waals surface area (Å²) >= 11 is 0. The smallest absolute Gasteiger partial charge is 0.270 e. The van der Waals surface area contributed by atoms with E-state index < -0.39 is 0 Å². The van der Waals surface area contributed by atoms with Crippen LogP contribution >= 0.6 is 0 Å². The number of nitrogens with one attached hydrogen (secondary N) is 1. The van der Waals surface area contributed by atoms with Gasteiger partial charge < -0.3 is 11.1 Å². The third kappa shape index (κ3) is 3.04. The normalized spacial score (nSPS) is 10.1. The van der Waals surface area contributed by atoms with Crippen molar-refractivity contribution in [2.24, 2.45) is 0 Å². The van der Waals surface area contributed by atoms with Crippen LogP contribution in [0.2, 0.25) is 0 Å². The van der Waals surface area contributed by atoms with Gasteiger partial charge in [0, 0.05) is 18.4 Å². The topological polar surface area (TPSA) is 68.0 Å². The lowest BCUT2D eigenvalue weighted by Crippen LogP contribution is -2.23. The van der Waals surface area contributed by atoms with Crippen molar-refractivity contribution in [3.8, 4) is 0 Å². The number of rotatable bonds is 3. The fraction of sp³-hybridized carbons (Fsp3) is 0.0769. The van der Waals surface area contributed by atoms with E-state index in [1.165, 1.54) is 24.4 Å². The molecule has 1 amide bonds. The van der Waals surface area contributed by atoms with Gasteiger partial charge in [-0.15, -0.1) is 0 Å². The lowest BCUT2D eigenvalue weighted by molar-refractivity contribution is 0.0946. The number of nitrogen functional groups attached to an aromatic ring is 1. The van der Waals surface area contributed by atoms with E-state index in [1.54, 1.807) is 18.2 Å². The van der Waals surface area contributed by atoms with Crippen molar-refractivity contribution >= 4 is 11.6 Å². The summed E-state index contributed by atoms with van der Waals surface area (Å²) in [6.07, 6.45) is 1.46. The van der Waals surface area contributed by atoms with Crippen molar-refractivity contribution < 1.29 is 9.18 Å².